The van der Waals surface area contributed by atoms with Crippen molar-refractivity contribution in [1.29, 1.82) is 0 Å². The molecule has 0 unspecified atom stereocenters. The summed E-state index contributed by atoms with van der Waals surface area (Å²) in [6.45, 7) is 1.02. The van der Waals surface area contributed by atoms with Gasteiger partial charge in [0.15, 0.2) is 0 Å². The Kier molecular flexibility index (Phi) is 2.29. The van der Waals surface area contributed by atoms with Crippen LogP contribution in [0.4, 0.5) is 5.82 Å². The van der Waals surface area contributed by atoms with Crippen LogP contribution in [0.1, 0.15) is 11.3 Å². The normalized spacial score (nSPS) is 14.2. The third-order valence-corrected chi connectivity index (χ3v) is 3.85. The fraction of sp³-hybridized carbons (Fsp3) is 0.250. The summed E-state index contributed by atoms with van der Waals surface area (Å²) in [6.07, 6.45) is 2.31. The van der Waals surface area contributed by atoms with E-state index in [1.807, 2.05) is 12.1 Å². The van der Waals surface area contributed by atoms with Crippen LogP contribution in [0.2, 0.25) is 0 Å². The number of phenols is 1. The Bertz CT molecular complexity index is 481. The van der Waals surface area contributed by atoms with E-state index in [0.29, 0.717) is 5.75 Å². The van der Waals surface area contributed by atoms with Crippen LogP contribution in [0.25, 0.3) is 10.6 Å². The monoisotopic (exact) mass is 232 g/mol. The van der Waals surface area contributed by atoms with Gasteiger partial charge in [-0.05, 0) is 37.1 Å². The van der Waals surface area contributed by atoms with E-state index in [9.17, 15) is 5.11 Å². The number of aryl methyl sites for hydroxylation is 1. The van der Waals surface area contributed by atoms with Crippen LogP contribution in [0.15, 0.2) is 24.3 Å². The standard InChI is InChI=1S/C12H12N2OS/c15-9-5-3-8(4-6-9)12-14-11-10(16-12)2-1-7-13-11/h3-6,13,15H,1-2,7H2. The molecule has 0 amide bonds. The quantitative estimate of drug-likeness (QED) is 0.794. The van der Waals surface area contributed by atoms with Gasteiger partial charge in [-0.1, -0.05) is 0 Å². The van der Waals surface area contributed by atoms with Crippen LogP contribution in [-0.4, -0.2) is 16.6 Å². The number of anilines is 1. The molecule has 1 aromatic heterocycles. The molecule has 0 spiro atoms. The molecule has 0 saturated carbocycles. The Hall–Kier alpha value is -1.55. The highest BCUT2D eigenvalue weighted by Crippen LogP contribution is 2.34. The van der Waals surface area contributed by atoms with Gasteiger partial charge in [-0.25, -0.2) is 4.98 Å². The molecule has 82 valence electrons. The lowest BCUT2D eigenvalue weighted by Gasteiger charge is -2.10. The van der Waals surface area contributed by atoms with E-state index in [-0.39, 0.29) is 0 Å². The molecule has 2 heterocycles. The van der Waals surface area contributed by atoms with Crippen molar-refractivity contribution in [3.63, 3.8) is 0 Å². The molecule has 3 rings (SSSR count). The Labute approximate surface area is 97.8 Å². The zero-order valence-corrected chi connectivity index (χ0v) is 9.55. The average molecular weight is 232 g/mol. The third-order valence-electron chi connectivity index (χ3n) is 2.68. The van der Waals surface area contributed by atoms with E-state index in [0.717, 1.165) is 29.4 Å². The van der Waals surface area contributed by atoms with Crippen LogP contribution < -0.4 is 5.32 Å². The minimum Gasteiger partial charge on any atom is -0.508 e. The molecular weight excluding hydrogens is 220 g/mol. The van der Waals surface area contributed by atoms with Crippen molar-refractivity contribution < 1.29 is 5.11 Å². The number of benzene rings is 1. The lowest BCUT2D eigenvalue weighted by atomic mass is 10.2. The minimum atomic E-state index is 0.295. The molecule has 0 aliphatic carbocycles. The second-order valence-electron chi connectivity index (χ2n) is 3.87. The molecule has 0 fully saturated rings. The molecule has 1 aromatic carbocycles. The lowest BCUT2D eigenvalue weighted by Crippen LogP contribution is -2.09. The Morgan fingerprint density at radius 3 is 2.81 bits per heavy atom. The SMILES string of the molecule is Oc1ccc(-c2nc3c(s2)CCCN3)cc1. The average Bonchev–Trinajstić information content (AvgIpc) is 2.73. The number of nitrogens with one attached hydrogen (secondary N) is 1. The Morgan fingerprint density at radius 2 is 2.06 bits per heavy atom. The molecular formula is C12H12N2OS. The van der Waals surface area contributed by atoms with E-state index in [2.05, 4.69) is 10.3 Å². The predicted octanol–water partition coefficient (Wildman–Crippen LogP) is 2.87. The first-order valence-electron chi connectivity index (χ1n) is 5.36. The lowest BCUT2D eigenvalue weighted by molar-refractivity contribution is 0.475. The summed E-state index contributed by atoms with van der Waals surface area (Å²) in [5.74, 6) is 1.34. The van der Waals surface area contributed by atoms with Gasteiger partial charge >= 0.3 is 0 Å². The van der Waals surface area contributed by atoms with Gasteiger partial charge < -0.3 is 10.4 Å². The number of phenolic OH excluding ortho intramolecular Hbond substituents is 1. The second-order valence-corrected chi connectivity index (χ2v) is 4.95. The first-order valence-corrected chi connectivity index (χ1v) is 6.17. The Morgan fingerprint density at radius 1 is 1.25 bits per heavy atom. The summed E-state index contributed by atoms with van der Waals surface area (Å²) in [4.78, 5) is 5.92. The van der Waals surface area contributed by atoms with E-state index in [1.165, 1.54) is 11.3 Å². The zero-order chi connectivity index (χ0) is 11.0. The number of rotatable bonds is 1. The molecule has 0 radical (unpaired) electrons. The number of fused-ring (bicyclic) bond motifs is 1. The van der Waals surface area contributed by atoms with Gasteiger partial charge in [-0.2, -0.15) is 0 Å². The highest BCUT2D eigenvalue weighted by Gasteiger charge is 2.15. The van der Waals surface area contributed by atoms with Gasteiger partial charge in [0.05, 0.1) is 0 Å². The van der Waals surface area contributed by atoms with Crippen LogP contribution >= 0.6 is 11.3 Å². The predicted molar refractivity (Wildman–Crippen MR) is 66.0 cm³/mol. The third kappa shape index (κ3) is 1.65. The van der Waals surface area contributed by atoms with Gasteiger partial charge in [-0.15, -0.1) is 11.3 Å². The minimum absolute atomic E-state index is 0.295. The van der Waals surface area contributed by atoms with Gasteiger partial charge in [0.1, 0.15) is 16.6 Å². The number of thiazole rings is 1. The van der Waals surface area contributed by atoms with Crippen molar-refractivity contribution in [1.82, 2.24) is 4.98 Å². The first-order chi connectivity index (χ1) is 7.83. The van der Waals surface area contributed by atoms with Crippen LogP contribution in [0.3, 0.4) is 0 Å². The van der Waals surface area contributed by atoms with Crippen LogP contribution in [0, 0.1) is 0 Å². The van der Waals surface area contributed by atoms with Crippen molar-refractivity contribution >= 4 is 17.2 Å². The fourth-order valence-corrected chi connectivity index (χ4v) is 2.93. The molecule has 1 aliphatic rings. The van der Waals surface area contributed by atoms with Crippen molar-refractivity contribution in [2.45, 2.75) is 12.8 Å². The maximum absolute atomic E-state index is 9.24. The largest absolute Gasteiger partial charge is 0.508 e. The molecule has 0 bridgehead atoms. The summed E-state index contributed by atoms with van der Waals surface area (Å²) in [7, 11) is 0. The van der Waals surface area contributed by atoms with E-state index in [4.69, 9.17) is 0 Å². The number of aromatic nitrogens is 1. The topological polar surface area (TPSA) is 45.2 Å². The molecule has 0 saturated heterocycles. The van der Waals surface area contributed by atoms with Crippen LogP contribution in [-0.2, 0) is 6.42 Å². The molecule has 1 aliphatic heterocycles. The molecule has 2 aromatic rings. The number of hydrogen-bond donors (Lipinski definition) is 2. The molecule has 2 N–H and O–H groups in total. The summed E-state index contributed by atoms with van der Waals surface area (Å²) in [5.41, 5.74) is 1.07. The van der Waals surface area contributed by atoms with E-state index < -0.39 is 0 Å². The van der Waals surface area contributed by atoms with Gasteiger partial charge in [0.25, 0.3) is 0 Å². The van der Waals surface area contributed by atoms with Gasteiger partial charge in [0.2, 0.25) is 0 Å². The number of aromatic hydroxyl groups is 1. The summed E-state index contributed by atoms with van der Waals surface area (Å²) >= 11 is 1.74. The summed E-state index contributed by atoms with van der Waals surface area (Å²) in [5, 5.41) is 13.6. The summed E-state index contributed by atoms with van der Waals surface area (Å²) in [6, 6.07) is 7.20. The highest BCUT2D eigenvalue weighted by atomic mass is 32.1. The zero-order valence-electron chi connectivity index (χ0n) is 8.73. The Balaban J connectivity index is 2.00. The summed E-state index contributed by atoms with van der Waals surface area (Å²) < 4.78 is 0. The second kappa shape index (κ2) is 3.79. The molecule has 3 nitrogen and oxygen atoms in total. The number of nitrogens with zero attached hydrogens (tertiary/aromatic N) is 1. The van der Waals surface area contributed by atoms with E-state index >= 15 is 0 Å². The van der Waals surface area contributed by atoms with Crippen molar-refractivity contribution in [3.05, 3.63) is 29.1 Å². The molecule has 4 heteroatoms. The highest BCUT2D eigenvalue weighted by molar-refractivity contribution is 7.15. The van der Waals surface area contributed by atoms with Crippen molar-refractivity contribution in [2.24, 2.45) is 0 Å². The van der Waals surface area contributed by atoms with Crippen molar-refractivity contribution in [2.75, 3.05) is 11.9 Å². The maximum Gasteiger partial charge on any atom is 0.140 e. The molecule has 0 atom stereocenters. The smallest absolute Gasteiger partial charge is 0.140 e. The van der Waals surface area contributed by atoms with Gasteiger partial charge in [-0.3, -0.25) is 0 Å². The van der Waals surface area contributed by atoms with Crippen molar-refractivity contribution in [3.8, 4) is 16.3 Å². The number of hydrogen-bond acceptors (Lipinski definition) is 4. The van der Waals surface area contributed by atoms with E-state index in [1.54, 1.807) is 23.5 Å². The van der Waals surface area contributed by atoms with Crippen LogP contribution in [0.5, 0.6) is 5.75 Å². The first kappa shape index (κ1) is 9.66. The fourth-order valence-electron chi connectivity index (χ4n) is 1.84. The maximum atomic E-state index is 9.24. The molecule has 16 heavy (non-hydrogen) atoms. The van der Waals surface area contributed by atoms with Gasteiger partial charge in [0, 0.05) is 17.0 Å².